The van der Waals surface area contributed by atoms with E-state index in [1.165, 1.54) is 23.3 Å². The van der Waals surface area contributed by atoms with Gasteiger partial charge in [-0.2, -0.15) is 0 Å². The number of fused-ring (bicyclic) bond motifs is 2. The van der Waals surface area contributed by atoms with Crippen molar-refractivity contribution >= 4 is 39.1 Å². The number of anilines is 1. The molecule has 2 aromatic heterocycles. The molecule has 1 aliphatic rings. The molecule has 1 N–H and O–H groups in total. The number of esters is 1. The molecule has 0 spiro atoms. The van der Waals surface area contributed by atoms with Crippen molar-refractivity contribution in [2.45, 2.75) is 39.5 Å². The number of aromatic nitrogens is 1. The third kappa shape index (κ3) is 4.46. The number of rotatable bonds is 5. The number of carbonyl (C=O) groups is 2. The van der Waals surface area contributed by atoms with Crippen LogP contribution in [-0.2, 0) is 17.6 Å². The van der Waals surface area contributed by atoms with E-state index in [9.17, 15) is 9.59 Å². The quantitative estimate of drug-likeness (QED) is 0.315. The van der Waals surface area contributed by atoms with Crippen LogP contribution in [0.4, 0.5) is 5.00 Å². The van der Waals surface area contributed by atoms with E-state index in [2.05, 4.69) is 18.3 Å². The van der Waals surface area contributed by atoms with Gasteiger partial charge in [-0.05, 0) is 55.9 Å². The first-order chi connectivity index (χ1) is 17.0. The van der Waals surface area contributed by atoms with Crippen molar-refractivity contribution in [3.8, 4) is 11.3 Å². The summed E-state index contributed by atoms with van der Waals surface area (Å²) in [7, 11) is 1.39. The Labute approximate surface area is 209 Å². The van der Waals surface area contributed by atoms with E-state index in [-0.39, 0.29) is 5.91 Å². The van der Waals surface area contributed by atoms with Crippen LogP contribution in [0, 0.1) is 12.8 Å². The van der Waals surface area contributed by atoms with Crippen LogP contribution in [0.2, 0.25) is 0 Å². The molecule has 5 rings (SSSR count). The number of methoxy groups -OCH3 is 1. The lowest BCUT2D eigenvalue weighted by Gasteiger charge is -2.20. The molecule has 35 heavy (non-hydrogen) atoms. The minimum absolute atomic E-state index is 0.256. The Morgan fingerprint density at radius 1 is 1.14 bits per heavy atom. The molecule has 5 nitrogen and oxygen atoms in total. The van der Waals surface area contributed by atoms with Crippen molar-refractivity contribution in [2.75, 3.05) is 12.4 Å². The summed E-state index contributed by atoms with van der Waals surface area (Å²) in [5.41, 5.74) is 5.64. The second kappa shape index (κ2) is 9.62. The number of benzene rings is 2. The van der Waals surface area contributed by atoms with Crippen LogP contribution in [-0.4, -0.2) is 24.0 Å². The number of nitrogens with zero attached hydrogens (tertiary/aromatic N) is 1. The molecule has 0 saturated heterocycles. The summed E-state index contributed by atoms with van der Waals surface area (Å²) < 4.78 is 5.11. The highest BCUT2D eigenvalue weighted by molar-refractivity contribution is 7.17. The van der Waals surface area contributed by atoms with E-state index >= 15 is 0 Å². The summed E-state index contributed by atoms with van der Waals surface area (Å²) in [6.45, 7) is 4.24. The monoisotopic (exact) mass is 484 g/mol. The number of pyridine rings is 1. The number of hydrogen-bond donors (Lipinski definition) is 1. The Kier molecular flexibility index (Phi) is 6.39. The predicted molar refractivity (Wildman–Crippen MR) is 141 cm³/mol. The fourth-order valence-corrected chi connectivity index (χ4v) is 6.24. The zero-order chi connectivity index (χ0) is 24.5. The van der Waals surface area contributed by atoms with Gasteiger partial charge < -0.3 is 10.1 Å². The normalized spacial score (nSPS) is 15.0. The Balaban J connectivity index is 1.58. The molecular formula is C29H28N2O3S. The van der Waals surface area contributed by atoms with Gasteiger partial charge in [0.25, 0.3) is 5.91 Å². The van der Waals surface area contributed by atoms with E-state index in [0.29, 0.717) is 22.0 Å². The van der Waals surface area contributed by atoms with Gasteiger partial charge in [0.1, 0.15) is 5.00 Å². The van der Waals surface area contributed by atoms with Gasteiger partial charge >= 0.3 is 5.97 Å². The first-order valence-electron chi connectivity index (χ1n) is 12.0. The SMILES string of the molecule is CC[C@@H]1CCc2c(sc(NC(=O)c3cc(-c4cccc(C)c4)nc4ccccc34)c2C(=O)OC)C1. The smallest absolute Gasteiger partial charge is 0.341 e. The molecule has 0 unspecified atom stereocenters. The maximum absolute atomic E-state index is 13.7. The van der Waals surface area contributed by atoms with Crippen LogP contribution in [0.25, 0.3) is 22.2 Å². The van der Waals surface area contributed by atoms with E-state index in [4.69, 9.17) is 9.72 Å². The molecule has 0 radical (unpaired) electrons. The molecule has 178 valence electrons. The Hall–Kier alpha value is -3.51. The first kappa shape index (κ1) is 23.2. The van der Waals surface area contributed by atoms with E-state index in [1.54, 1.807) is 0 Å². The Bertz CT molecular complexity index is 1440. The average Bonchev–Trinajstić information content (AvgIpc) is 3.24. The van der Waals surface area contributed by atoms with Crippen LogP contribution >= 0.6 is 11.3 Å². The van der Waals surface area contributed by atoms with Gasteiger partial charge in [-0.25, -0.2) is 9.78 Å². The third-order valence-corrected chi connectivity index (χ3v) is 8.01. The molecule has 0 bridgehead atoms. The average molecular weight is 485 g/mol. The number of carbonyl (C=O) groups excluding carboxylic acids is 2. The fourth-order valence-electron chi connectivity index (χ4n) is 4.89. The Morgan fingerprint density at radius 2 is 1.97 bits per heavy atom. The summed E-state index contributed by atoms with van der Waals surface area (Å²) in [5, 5.41) is 4.41. The Morgan fingerprint density at radius 3 is 2.74 bits per heavy atom. The van der Waals surface area contributed by atoms with Crippen LogP contribution in [0.15, 0.2) is 54.6 Å². The second-order valence-electron chi connectivity index (χ2n) is 9.11. The number of aryl methyl sites for hydroxylation is 1. The molecule has 1 aliphatic carbocycles. The molecule has 0 fully saturated rings. The molecule has 0 saturated carbocycles. The van der Waals surface area contributed by atoms with Crippen molar-refractivity contribution in [3.05, 3.63) is 81.7 Å². The maximum atomic E-state index is 13.7. The minimum Gasteiger partial charge on any atom is -0.465 e. The number of nitrogens with one attached hydrogen (secondary N) is 1. The number of thiophene rings is 1. The topological polar surface area (TPSA) is 68.3 Å². The molecule has 4 aromatic rings. The second-order valence-corrected chi connectivity index (χ2v) is 10.2. The van der Waals surface area contributed by atoms with Gasteiger partial charge in [-0.3, -0.25) is 4.79 Å². The number of hydrogen-bond acceptors (Lipinski definition) is 5. The standard InChI is InChI=1S/C29H28N2O3S/c1-4-18-12-13-21-25(15-18)35-28(26(21)29(33)34-3)31-27(32)22-16-24(19-9-7-8-17(2)14-19)30-23-11-6-5-10-20(22)23/h5-11,14,16,18H,4,12-13,15H2,1-3H3,(H,31,32)/t18-/m1/s1. The van der Waals surface area contributed by atoms with E-state index in [1.807, 2.05) is 55.5 Å². The van der Waals surface area contributed by atoms with Gasteiger partial charge in [0, 0.05) is 15.8 Å². The predicted octanol–water partition coefficient (Wildman–Crippen LogP) is 6.83. The van der Waals surface area contributed by atoms with Crippen molar-refractivity contribution < 1.29 is 14.3 Å². The summed E-state index contributed by atoms with van der Waals surface area (Å²) in [6.07, 6.45) is 3.93. The number of para-hydroxylation sites is 1. The fraction of sp³-hybridized carbons (Fsp3) is 0.276. The molecule has 0 aliphatic heterocycles. The largest absolute Gasteiger partial charge is 0.465 e. The molecule has 2 aromatic carbocycles. The third-order valence-electron chi connectivity index (χ3n) is 6.84. The van der Waals surface area contributed by atoms with Gasteiger partial charge in [0.15, 0.2) is 0 Å². The number of ether oxygens (including phenoxy) is 1. The highest BCUT2D eigenvalue weighted by Gasteiger charge is 2.30. The van der Waals surface area contributed by atoms with Gasteiger partial charge in [0.2, 0.25) is 0 Å². The van der Waals surface area contributed by atoms with Gasteiger partial charge in [-0.15, -0.1) is 11.3 Å². The van der Waals surface area contributed by atoms with Crippen molar-refractivity contribution in [2.24, 2.45) is 5.92 Å². The lowest BCUT2D eigenvalue weighted by Crippen LogP contribution is -2.17. The summed E-state index contributed by atoms with van der Waals surface area (Å²) >= 11 is 1.51. The molecular weight excluding hydrogens is 456 g/mol. The van der Waals surface area contributed by atoms with E-state index in [0.717, 1.165) is 59.0 Å². The van der Waals surface area contributed by atoms with Crippen molar-refractivity contribution in [1.29, 1.82) is 0 Å². The lowest BCUT2D eigenvalue weighted by molar-refractivity contribution is 0.0601. The van der Waals surface area contributed by atoms with Gasteiger partial charge in [0.05, 0.1) is 29.4 Å². The highest BCUT2D eigenvalue weighted by atomic mass is 32.1. The summed E-state index contributed by atoms with van der Waals surface area (Å²) in [4.78, 5) is 32.4. The van der Waals surface area contributed by atoms with Crippen LogP contribution in [0.5, 0.6) is 0 Å². The summed E-state index contributed by atoms with van der Waals surface area (Å²) in [6, 6.07) is 17.6. The molecule has 2 heterocycles. The zero-order valence-corrected chi connectivity index (χ0v) is 21.0. The van der Waals surface area contributed by atoms with Crippen LogP contribution in [0.1, 0.15) is 56.5 Å². The first-order valence-corrected chi connectivity index (χ1v) is 12.8. The van der Waals surface area contributed by atoms with Crippen molar-refractivity contribution in [1.82, 2.24) is 4.98 Å². The van der Waals surface area contributed by atoms with Crippen LogP contribution < -0.4 is 5.32 Å². The molecule has 1 amide bonds. The molecule has 1 atom stereocenters. The maximum Gasteiger partial charge on any atom is 0.341 e. The highest BCUT2D eigenvalue weighted by Crippen LogP contribution is 2.41. The zero-order valence-electron chi connectivity index (χ0n) is 20.2. The van der Waals surface area contributed by atoms with E-state index < -0.39 is 5.97 Å². The van der Waals surface area contributed by atoms with Crippen LogP contribution in [0.3, 0.4) is 0 Å². The lowest BCUT2D eigenvalue weighted by atomic mass is 9.85. The van der Waals surface area contributed by atoms with Gasteiger partial charge in [-0.1, -0.05) is 55.3 Å². The summed E-state index contributed by atoms with van der Waals surface area (Å²) in [5.74, 6) is -0.0442. The minimum atomic E-state index is -0.396. The van der Waals surface area contributed by atoms with Crippen molar-refractivity contribution in [3.63, 3.8) is 0 Å². The number of amides is 1. The molecule has 6 heteroatoms.